The highest BCUT2D eigenvalue weighted by Crippen LogP contribution is 2.21. The SMILES string of the molecule is COc1ccc(CC(=O)Nc2ccc(C)cc2)c(C(=O)Nc2ccc(C)cc2)c1. The Morgan fingerprint density at radius 3 is 1.90 bits per heavy atom. The normalized spacial score (nSPS) is 10.3. The lowest BCUT2D eigenvalue weighted by Crippen LogP contribution is -2.19. The van der Waals surface area contributed by atoms with E-state index in [2.05, 4.69) is 10.6 Å². The molecule has 148 valence electrons. The molecule has 0 radical (unpaired) electrons. The van der Waals surface area contributed by atoms with E-state index in [1.165, 1.54) is 0 Å². The molecule has 0 bridgehead atoms. The van der Waals surface area contributed by atoms with Crippen molar-refractivity contribution in [1.82, 2.24) is 0 Å². The summed E-state index contributed by atoms with van der Waals surface area (Å²) in [5.74, 6) is 0.0797. The Morgan fingerprint density at radius 1 is 0.793 bits per heavy atom. The number of rotatable bonds is 6. The van der Waals surface area contributed by atoms with Gasteiger partial charge in [0.2, 0.25) is 5.91 Å². The molecule has 0 fully saturated rings. The molecule has 29 heavy (non-hydrogen) atoms. The molecule has 0 saturated carbocycles. The Bertz CT molecular complexity index is 1010. The van der Waals surface area contributed by atoms with Crippen molar-refractivity contribution in [3.63, 3.8) is 0 Å². The van der Waals surface area contributed by atoms with Gasteiger partial charge in [-0.05, 0) is 55.8 Å². The van der Waals surface area contributed by atoms with Crippen LogP contribution in [-0.2, 0) is 11.2 Å². The minimum absolute atomic E-state index is 0.0779. The summed E-state index contributed by atoms with van der Waals surface area (Å²) in [4.78, 5) is 25.4. The van der Waals surface area contributed by atoms with Crippen LogP contribution in [-0.4, -0.2) is 18.9 Å². The number of hydrogen-bond donors (Lipinski definition) is 2. The van der Waals surface area contributed by atoms with Gasteiger partial charge in [0.05, 0.1) is 13.5 Å². The number of amides is 2. The Hall–Kier alpha value is -3.60. The first-order valence-corrected chi connectivity index (χ1v) is 9.36. The van der Waals surface area contributed by atoms with Crippen LogP contribution in [0, 0.1) is 13.8 Å². The fourth-order valence-electron chi connectivity index (χ4n) is 2.90. The molecule has 5 nitrogen and oxygen atoms in total. The predicted octanol–water partition coefficient (Wildman–Crippen LogP) is 4.75. The fourth-order valence-corrected chi connectivity index (χ4v) is 2.90. The summed E-state index contributed by atoms with van der Waals surface area (Å²) >= 11 is 0. The summed E-state index contributed by atoms with van der Waals surface area (Å²) in [5.41, 5.74) is 4.67. The van der Waals surface area contributed by atoms with Gasteiger partial charge in [0.1, 0.15) is 5.75 Å². The number of carbonyl (C=O) groups is 2. The van der Waals surface area contributed by atoms with E-state index in [1.807, 2.05) is 62.4 Å². The molecule has 2 amide bonds. The van der Waals surface area contributed by atoms with Crippen LogP contribution in [0.3, 0.4) is 0 Å². The highest BCUT2D eigenvalue weighted by Gasteiger charge is 2.16. The molecule has 0 aromatic heterocycles. The van der Waals surface area contributed by atoms with Gasteiger partial charge in [-0.2, -0.15) is 0 Å². The maximum atomic E-state index is 12.9. The monoisotopic (exact) mass is 388 g/mol. The summed E-state index contributed by atoms with van der Waals surface area (Å²) in [6.45, 7) is 3.97. The highest BCUT2D eigenvalue weighted by molar-refractivity contribution is 6.06. The van der Waals surface area contributed by atoms with Gasteiger partial charge in [0.25, 0.3) is 5.91 Å². The van der Waals surface area contributed by atoms with Gasteiger partial charge < -0.3 is 15.4 Å². The number of aryl methyl sites for hydroxylation is 2. The van der Waals surface area contributed by atoms with Crippen molar-refractivity contribution >= 4 is 23.2 Å². The first-order chi connectivity index (χ1) is 13.9. The Labute approximate surface area is 170 Å². The molecule has 0 saturated heterocycles. The molecule has 0 aliphatic carbocycles. The minimum atomic E-state index is -0.286. The molecule has 2 N–H and O–H groups in total. The van der Waals surface area contributed by atoms with E-state index in [1.54, 1.807) is 25.3 Å². The molecule has 3 aromatic carbocycles. The van der Waals surface area contributed by atoms with Gasteiger partial charge >= 0.3 is 0 Å². The number of methoxy groups -OCH3 is 1. The number of carbonyl (C=O) groups excluding carboxylic acids is 2. The Kier molecular flexibility index (Phi) is 6.29. The standard InChI is InChI=1S/C24H24N2O3/c1-16-4-9-19(10-5-16)25-23(27)14-18-8-13-21(29-3)15-22(18)24(28)26-20-11-6-17(2)7-12-20/h4-13,15H,14H2,1-3H3,(H,25,27)(H,26,28). The quantitative estimate of drug-likeness (QED) is 0.641. The van der Waals surface area contributed by atoms with Crippen molar-refractivity contribution in [3.8, 4) is 5.75 Å². The summed E-state index contributed by atoms with van der Waals surface area (Å²) < 4.78 is 5.26. The lowest BCUT2D eigenvalue weighted by atomic mass is 10.0. The third kappa shape index (κ3) is 5.45. The van der Waals surface area contributed by atoms with Gasteiger partial charge in [-0.25, -0.2) is 0 Å². The second-order valence-corrected chi connectivity index (χ2v) is 6.93. The molecule has 0 spiro atoms. The average Bonchev–Trinajstić information content (AvgIpc) is 2.71. The van der Waals surface area contributed by atoms with Crippen LogP contribution in [0.2, 0.25) is 0 Å². The van der Waals surface area contributed by atoms with E-state index in [0.717, 1.165) is 16.8 Å². The molecule has 0 aliphatic heterocycles. The molecule has 0 unspecified atom stereocenters. The van der Waals surface area contributed by atoms with Crippen LogP contribution in [0.15, 0.2) is 66.7 Å². The minimum Gasteiger partial charge on any atom is -0.497 e. The van der Waals surface area contributed by atoms with Gasteiger partial charge in [-0.15, -0.1) is 0 Å². The van der Waals surface area contributed by atoms with Crippen molar-refractivity contribution in [3.05, 3.63) is 89.0 Å². The second kappa shape index (κ2) is 9.06. The summed E-state index contributed by atoms with van der Waals surface area (Å²) in [6.07, 6.45) is 0.0779. The number of nitrogens with one attached hydrogen (secondary N) is 2. The highest BCUT2D eigenvalue weighted by atomic mass is 16.5. The van der Waals surface area contributed by atoms with Crippen LogP contribution in [0.4, 0.5) is 11.4 Å². The van der Waals surface area contributed by atoms with Crippen molar-refractivity contribution in [2.24, 2.45) is 0 Å². The van der Waals surface area contributed by atoms with E-state index >= 15 is 0 Å². The van der Waals surface area contributed by atoms with Crippen LogP contribution in [0.1, 0.15) is 27.0 Å². The number of benzene rings is 3. The number of anilines is 2. The largest absolute Gasteiger partial charge is 0.497 e. The first kappa shape index (κ1) is 20.1. The third-order valence-corrected chi connectivity index (χ3v) is 4.56. The van der Waals surface area contributed by atoms with E-state index in [0.29, 0.717) is 22.6 Å². The zero-order valence-electron chi connectivity index (χ0n) is 16.8. The van der Waals surface area contributed by atoms with Crippen molar-refractivity contribution in [2.45, 2.75) is 20.3 Å². The zero-order chi connectivity index (χ0) is 20.8. The van der Waals surface area contributed by atoms with Crippen molar-refractivity contribution < 1.29 is 14.3 Å². The van der Waals surface area contributed by atoms with Crippen LogP contribution in [0.5, 0.6) is 5.75 Å². The smallest absolute Gasteiger partial charge is 0.256 e. The predicted molar refractivity (Wildman–Crippen MR) is 116 cm³/mol. The van der Waals surface area contributed by atoms with Gasteiger partial charge in [0, 0.05) is 16.9 Å². The second-order valence-electron chi connectivity index (χ2n) is 6.93. The van der Waals surface area contributed by atoms with Crippen molar-refractivity contribution in [2.75, 3.05) is 17.7 Å². The lowest BCUT2D eigenvalue weighted by Gasteiger charge is -2.13. The molecule has 3 aromatic rings. The van der Waals surface area contributed by atoms with Gasteiger partial charge in [-0.1, -0.05) is 41.5 Å². The lowest BCUT2D eigenvalue weighted by molar-refractivity contribution is -0.115. The molecular formula is C24H24N2O3. The fraction of sp³-hybridized carbons (Fsp3) is 0.167. The molecule has 5 heteroatoms. The van der Waals surface area contributed by atoms with E-state index in [4.69, 9.17) is 4.74 Å². The number of hydrogen-bond acceptors (Lipinski definition) is 3. The van der Waals surface area contributed by atoms with Crippen molar-refractivity contribution in [1.29, 1.82) is 0 Å². The topological polar surface area (TPSA) is 67.4 Å². The van der Waals surface area contributed by atoms with Crippen LogP contribution < -0.4 is 15.4 Å². The van der Waals surface area contributed by atoms with E-state index < -0.39 is 0 Å². The molecule has 0 atom stereocenters. The average molecular weight is 388 g/mol. The van der Waals surface area contributed by atoms with Crippen LogP contribution in [0.25, 0.3) is 0 Å². The van der Waals surface area contributed by atoms with Crippen LogP contribution >= 0.6 is 0 Å². The first-order valence-electron chi connectivity index (χ1n) is 9.36. The van der Waals surface area contributed by atoms with E-state index in [-0.39, 0.29) is 18.2 Å². The maximum Gasteiger partial charge on any atom is 0.256 e. The molecular weight excluding hydrogens is 364 g/mol. The Balaban J connectivity index is 1.78. The summed E-state index contributed by atoms with van der Waals surface area (Å²) in [5, 5.41) is 5.75. The summed E-state index contributed by atoms with van der Waals surface area (Å²) in [6, 6.07) is 20.3. The number of ether oxygens (including phenoxy) is 1. The zero-order valence-corrected chi connectivity index (χ0v) is 16.8. The molecule has 0 heterocycles. The molecule has 0 aliphatic rings. The van der Waals surface area contributed by atoms with E-state index in [9.17, 15) is 9.59 Å². The third-order valence-electron chi connectivity index (χ3n) is 4.56. The van der Waals surface area contributed by atoms with Gasteiger partial charge in [0.15, 0.2) is 0 Å². The molecule has 3 rings (SSSR count). The Morgan fingerprint density at radius 2 is 1.34 bits per heavy atom. The maximum absolute atomic E-state index is 12.9. The summed E-state index contributed by atoms with van der Waals surface area (Å²) in [7, 11) is 1.54. The van der Waals surface area contributed by atoms with Gasteiger partial charge in [-0.3, -0.25) is 9.59 Å².